The van der Waals surface area contributed by atoms with Gasteiger partial charge in [-0.1, -0.05) is 0 Å². The molecule has 0 aromatic carbocycles. The topological polar surface area (TPSA) is 50.2 Å². The Balaban J connectivity index is 0.00000144. The van der Waals surface area contributed by atoms with Gasteiger partial charge in [-0.25, -0.2) is 9.18 Å². The molecule has 1 aromatic rings. The molecule has 1 heterocycles. The van der Waals surface area contributed by atoms with Crippen LogP contribution in [0.1, 0.15) is 5.69 Å². The zero-order valence-electron chi connectivity index (χ0n) is 6.48. The number of aliphatic carboxylic acids is 1. The molecule has 1 rings (SSSR count). The fourth-order valence-corrected chi connectivity index (χ4v) is 0.643. The van der Waals surface area contributed by atoms with Crippen molar-refractivity contribution in [2.24, 2.45) is 0 Å². The van der Waals surface area contributed by atoms with Gasteiger partial charge in [0.2, 0.25) is 0 Å². The Kier molecular flexibility index (Phi) is 4.69. The Morgan fingerprint density at radius 1 is 1.54 bits per heavy atom. The van der Waals surface area contributed by atoms with Gasteiger partial charge in [-0.15, -0.1) is 12.4 Å². The second-order valence-electron chi connectivity index (χ2n) is 2.07. The summed E-state index contributed by atoms with van der Waals surface area (Å²) in [7, 11) is 0. The Morgan fingerprint density at radius 2 is 2.23 bits per heavy atom. The van der Waals surface area contributed by atoms with Crippen molar-refractivity contribution in [3.05, 3.63) is 35.9 Å². The normalized spacial score (nSPS) is 9.62. The van der Waals surface area contributed by atoms with Crippen molar-refractivity contribution in [1.29, 1.82) is 0 Å². The molecule has 5 heteroatoms. The molecule has 0 unspecified atom stereocenters. The van der Waals surface area contributed by atoms with Gasteiger partial charge in [-0.05, 0) is 18.2 Å². The quantitative estimate of drug-likeness (QED) is 0.745. The number of pyridine rings is 1. The molecule has 0 aliphatic carbocycles. The first-order valence-corrected chi connectivity index (χ1v) is 3.21. The van der Waals surface area contributed by atoms with Gasteiger partial charge >= 0.3 is 5.97 Å². The Bertz CT molecular complexity index is 310. The monoisotopic (exact) mass is 203 g/mol. The highest BCUT2D eigenvalue weighted by molar-refractivity contribution is 5.85. The number of carboxylic acid groups (broad SMARTS) is 1. The van der Waals surface area contributed by atoms with Crippen LogP contribution in [0.25, 0.3) is 6.08 Å². The van der Waals surface area contributed by atoms with Crippen molar-refractivity contribution < 1.29 is 14.3 Å². The lowest BCUT2D eigenvalue weighted by Gasteiger charge is -1.89. The molecular weight excluding hydrogens is 197 g/mol. The van der Waals surface area contributed by atoms with Crippen molar-refractivity contribution >= 4 is 24.5 Å². The second kappa shape index (κ2) is 5.27. The van der Waals surface area contributed by atoms with Crippen LogP contribution < -0.4 is 0 Å². The summed E-state index contributed by atoms with van der Waals surface area (Å²) in [6.07, 6.45) is 3.27. The van der Waals surface area contributed by atoms with Crippen molar-refractivity contribution in [1.82, 2.24) is 4.98 Å². The van der Waals surface area contributed by atoms with Crippen LogP contribution in [0.2, 0.25) is 0 Å². The lowest BCUT2D eigenvalue weighted by molar-refractivity contribution is -0.131. The predicted molar refractivity (Wildman–Crippen MR) is 48.1 cm³/mol. The summed E-state index contributed by atoms with van der Waals surface area (Å²) in [5.74, 6) is -1.50. The number of halogens is 2. The van der Waals surface area contributed by atoms with E-state index in [1.807, 2.05) is 0 Å². The lowest BCUT2D eigenvalue weighted by atomic mass is 10.3. The summed E-state index contributed by atoms with van der Waals surface area (Å²) >= 11 is 0. The van der Waals surface area contributed by atoms with Gasteiger partial charge in [0.05, 0.1) is 11.9 Å². The largest absolute Gasteiger partial charge is 0.478 e. The number of nitrogens with zero attached hydrogens (tertiary/aromatic N) is 1. The molecular formula is C8H7ClFNO2. The van der Waals surface area contributed by atoms with E-state index < -0.39 is 11.8 Å². The molecule has 13 heavy (non-hydrogen) atoms. The van der Waals surface area contributed by atoms with Gasteiger partial charge in [0.1, 0.15) is 5.82 Å². The zero-order valence-corrected chi connectivity index (χ0v) is 7.29. The summed E-state index contributed by atoms with van der Waals surface area (Å²) in [5.41, 5.74) is 0.416. The van der Waals surface area contributed by atoms with E-state index in [9.17, 15) is 9.18 Å². The van der Waals surface area contributed by atoms with Crippen LogP contribution in [0.4, 0.5) is 4.39 Å². The predicted octanol–water partition coefficient (Wildman–Crippen LogP) is 1.74. The average Bonchev–Trinajstić information content (AvgIpc) is 2.03. The number of hydrogen-bond acceptors (Lipinski definition) is 2. The first kappa shape index (κ1) is 11.6. The molecule has 1 aromatic heterocycles. The minimum absolute atomic E-state index is 0. The van der Waals surface area contributed by atoms with Gasteiger partial charge < -0.3 is 5.11 Å². The fraction of sp³-hybridized carbons (Fsp3) is 0. The number of aromatic nitrogens is 1. The smallest absolute Gasteiger partial charge is 0.328 e. The van der Waals surface area contributed by atoms with Crippen LogP contribution in [0.5, 0.6) is 0 Å². The van der Waals surface area contributed by atoms with Crippen LogP contribution in [-0.2, 0) is 4.79 Å². The van der Waals surface area contributed by atoms with E-state index in [0.29, 0.717) is 5.69 Å². The molecule has 1 N–H and O–H groups in total. The number of hydrogen-bond donors (Lipinski definition) is 1. The maximum Gasteiger partial charge on any atom is 0.328 e. The average molecular weight is 204 g/mol. The lowest BCUT2D eigenvalue weighted by Crippen LogP contribution is -1.87. The highest BCUT2D eigenvalue weighted by Gasteiger charge is 1.91. The molecule has 0 atom stereocenters. The summed E-state index contributed by atoms with van der Waals surface area (Å²) in [4.78, 5) is 13.7. The number of carbonyl (C=O) groups is 1. The number of carboxylic acids is 1. The zero-order chi connectivity index (χ0) is 8.97. The molecule has 0 aliphatic heterocycles. The van der Waals surface area contributed by atoms with Gasteiger partial charge in [0.15, 0.2) is 0 Å². The molecule has 0 saturated heterocycles. The first-order chi connectivity index (χ1) is 5.68. The van der Waals surface area contributed by atoms with Gasteiger partial charge in [0, 0.05) is 6.08 Å². The minimum atomic E-state index is -1.05. The summed E-state index contributed by atoms with van der Waals surface area (Å²) in [5, 5.41) is 8.24. The van der Waals surface area contributed by atoms with E-state index in [4.69, 9.17) is 5.11 Å². The van der Waals surface area contributed by atoms with E-state index in [1.165, 1.54) is 18.2 Å². The third kappa shape index (κ3) is 4.22. The van der Waals surface area contributed by atoms with Gasteiger partial charge in [-0.3, -0.25) is 4.98 Å². The van der Waals surface area contributed by atoms with Crippen molar-refractivity contribution in [3.8, 4) is 0 Å². The third-order valence-corrected chi connectivity index (χ3v) is 1.15. The summed E-state index contributed by atoms with van der Waals surface area (Å²) in [6, 6.07) is 2.61. The second-order valence-corrected chi connectivity index (χ2v) is 2.07. The van der Waals surface area contributed by atoms with Crippen molar-refractivity contribution in [2.75, 3.05) is 0 Å². The molecule has 0 fully saturated rings. The summed E-state index contributed by atoms with van der Waals surface area (Å²) < 4.78 is 12.3. The van der Waals surface area contributed by atoms with Crippen molar-refractivity contribution in [3.63, 3.8) is 0 Å². The molecule has 0 amide bonds. The molecule has 0 spiro atoms. The molecule has 3 nitrogen and oxygen atoms in total. The number of rotatable bonds is 2. The Hall–Kier alpha value is -1.42. The van der Waals surface area contributed by atoms with Gasteiger partial charge in [-0.2, -0.15) is 0 Å². The first-order valence-electron chi connectivity index (χ1n) is 3.21. The SMILES string of the molecule is Cl.O=C(O)/C=C\c1ccc(F)cn1. The maximum atomic E-state index is 12.3. The fourth-order valence-electron chi connectivity index (χ4n) is 0.643. The van der Waals surface area contributed by atoms with Crippen LogP contribution >= 0.6 is 12.4 Å². The minimum Gasteiger partial charge on any atom is -0.478 e. The summed E-state index contributed by atoms with van der Waals surface area (Å²) in [6.45, 7) is 0. The Labute approximate surface area is 80.3 Å². The highest BCUT2D eigenvalue weighted by Crippen LogP contribution is 1.99. The van der Waals surface area contributed by atoms with Crippen molar-refractivity contribution in [2.45, 2.75) is 0 Å². The molecule has 0 bridgehead atoms. The third-order valence-electron chi connectivity index (χ3n) is 1.15. The van der Waals surface area contributed by atoms with Crippen LogP contribution in [0.3, 0.4) is 0 Å². The van der Waals surface area contributed by atoms with Crippen LogP contribution in [0.15, 0.2) is 24.4 Å². The van der Waals surface area contributed by atoms with E-state index in [-0.39, 0.29) is 12.4 Å². The van der Waals surface area contributed by atoms with E-state index in [0.717, 1.165) is 12.3 Å². The Morgan fingerprint density at radius 3 is 2.69 bits per heavy atom. The molecule has 0 saturated carbocycles. The van der Waals surface area contributed by atoms with Gasteiger partial charge in [0.25, 0.3) is 0 Å². The van der Waals surface area contributed by atoms with Crippen LogP contribution in [0, 0.1) is 5.82 Å². The maximum absolute atomic E-state index is 12.3. The van der Waals surface area contributed by atoms with E-state index >= 15 is 0 Å². The molecule has 70 valence electrons. The van der Waals surface area contributed by atoms with Crippen LogP contribution in [-0.4, -0.2) is 16.1 Å². The van der Waals surface area contributed by atoms with E-state index in [1.54, 1.807) is 0 Å². The highest BCUT2D eigenvalue weighted by atomic mass is 35.5. The molecule has 0 radical (unpaired) electrons. The molecule has 0 aliphatic rings. The van der Waals surface area contributed by atoms with E-state index in [2.05, 4.69) is 4.98 Å². The standard InChI is InChI=1S/C8H6FNO2.ClH/c9-6-1-2-7(10-5-6)3-4-8(11)12;/h1-5H,(H,11,12);1H/b4-3-;.